The second kappa shape index (κ2) is 4.36. The van der Waals surface area contributed by atoms with E-state index in [-0.39, 0.29) is 17.6 Å². The molecule has 0 radical (unpaired) electrons. The molecular weight excluding hydrogens is 208 g/mol. The minimum absolute atomic E-state index is 0.00106. The molecule has 0 amide bonds. The van der Waals surface area contributed by atoms with Crippen molar-refractivity contribution in [3.8, 4) is 5.88 Å². The fourth-order valence-corrected chi connectivity index (χ4v) is 1.28. The van der Waals surface area contributed by atoms with Crippen LogP contribution in [0.15, 0.2) is 23.2 Å². The van der Waals surface area contributed by atoms with Crippen LogP contribution in [-0.4, -0.2) is 27.3 Å². The molecule has 14 heavy (non-hydrogen) atoms. The van der Waals surface area contributed by atoms with Crippen LogP contribution in [0.25, 0.3) is 0 Å². The van der Waals surface area contributed by atoms with Gasteiger partial charge in [0.05, 0.1) is 4.90 Å². The predicted molar refractivity (Wildman–Crippen MR) is 48.1 cm³/mol. The highest BCUT2D eigenvalue weighted by Gasteiger charge is 2.08. The summed E-state index contributed by atoms with van der Waals surface area (Å²) in [5.41, 5.74) is 0. The molecule has 1 aromatic rings. The number of hydrogen-bond acceptors (Lipinski definition) is 5. The third-order valence-corrected chi connectivity index (χ3v) is 2.27. The number of ether oxygens (including phenoxy) is 2. The molecule has 0 saturated carbocycles. The summed E-state index contributed by atoms with van der Waals surface area (Å²) in [5.74, 6) is 0.151. The molecule has 78 valence electrons. The SMILES string of the molecule is COCOc1cc(S(N)(=O)=O)ccn1. The average Bonchev–Trinajstić information content (AvgIpc) is 2.14. The van der Waals surface area contributed by atoms with Gasteiger partial charge < -0.3 is 9.47 Å². The van der Waals surface area contributed by atoms with Crippen molar-refractivity contribution in [2.45, 2.75) is 4.90 Å². The lowest BCUT2D eigenvalue weighted by atomic mass is 10.5. The molecule has 0 spiro atoms. The van der Waals surface area contributed by atoms with E-state index in [1.54, 1.807) is 0 Å². The molecule has 6 nitrogen and oxygen atoms in total. The molecule has 0 aliphatic rings. The first kappa shape index (κ1) is 10.9. The third-order valence-electron chi connectivity index (χ3n) is 1.36. The Morgan fingerprint density at radius 2 is 2.29 bits per heavy atom. The monoisotopic (exact) mass is 218 g/mol. The quantitative estimate of drug-likeness (QED) is 0.701. The van der Waals surface area contributed by atoms with Gasteiger partial charge >= 0.3 is 0 Å². The number of rotatable bonds is 4. The number of nitrogens with zero attached hydrogens (tertiary/aromatic N) is 1. The maximum absolute atomic E-state index is 10.9. The van der Waals surface area contributed by atoms with Crippen molar-refractivity contribution in [3.63, 3.8) is 0 Å². The number of hydrogen-bond donors (Lipinski definition) is 1. The van der Waals surface area contributed by atoms with Crippen LogP contribution in [0.1, 0.15) is 0 Å². The van der Waals surface area contributed by atoms with Crippen LogP contribution in [0.3, 0.4) is 0 Å². The van der Waals surface area contributed by atoms with Gasteiger partial charge in [-0.15, -0.1) is 0 Å². The lowest BCUT2D eigenvalue weighted by Crippen LogP contribution is -2.12. The first-order valence-electron chi connectivity index (χ1n) is 3.64. The Kier molecular flexibility index (Phi) is 3.39. The van der Waals surface area contributed by atoms with Gasteiger partial charge in [-0.05, 0) is 6.07 Å². The summed E-state index contributed by atoms with van der Waals surface area (Å²) in [6, 6.07) is 2.52. The Morgan fingerprint density at radius 3 is 2.86 bits per heavy atom. The van der Waals surface area contributed by atoms with E-state index < -0.39 is 10.0 Å². The largest absolute Gasteiger partial charge is 0.451 e. The summed E-state index contributed by atoms with van der Waals surface area (Å²) in [7, 11) is -2.26. The van der Waals surface area contributed by atoms with Gasteiger partial charge in [0.15, 0.2) is 6.79 Å². The van der Waals surface area contributed by atoms with E-state index in [2.05, 4.69) is 9.72 Å². The number of sulfonamides is 1. The van der Waals surface area contributed by atoms with Gasteiger partial charge in [-0.1, -0.05) is 0 Å². The van der Waals surface area contributed by atoms with E-state index in [1.807, 2.05) is 0 Å². The smallest absolute Gasteiger partial charge is 0.238 e. The van der Waals surface area contributed by atoms with Gasteiger partial charge in [0.25, 0.3) is 0 Å². The molecule has 0 aromatic carbocycles. The predicted octanol–water partition coefficient (Wildman–Crippen LogP) is -0.288. The van der Waals surface area contributed by atoms with Crippen LogP contribution < -0.4 is 9.88 Å². The average molecular weight is 218 g/mol. The van der Waals surface area contributed by atoms with Crippen molar-refractivity contribution >= 4 is 10.0 Å². The zero-order valence-corrected chi connectivity index (χ0v) is 8.32. The van der Waals surface area contributed by atoms with Crippen molar-refractivity contribution in [1.82, 2.24) is 4.98 Å². The molecule has 1 heterocycles. The number of pyridine rings is 1. The van der Waals surface area contributed by atoms with E-state index in [0.29, 0.717) is 0 Å². The van der Waals surface area contributed by atoms with Crippen molar-refractivity contribution in [1.29, 1.82) is 0 Å². The fraction of sp³-hybridized carbons (Fsp3) is 0.286. The van der Waals surface area contributed by atoms with Gasteiger partial charge in [0.1, 0.15) is 0 Å². The molecule has 0 aliphatic heterocycles. The highest BCUT2D eigenvalue weighted by atomic mass is 32.2. The first-order chi connectivity index (χ1) is 6.54. The number of methoxy groups -OCH3 is 1. The first-order valence-corrected chi connectivity index (χ1v) is 5.19. The summed E-state index contributed by atoms with van der Waals surface area (Å²) in [6.45, 7) is 0.00106. The molecule has 0 atom stereocenters. The molecule has 2 N–H and O–H groups in total. The normalized spacial score (nSPS) is 11.3. The number of primary sulfonamides is 1. The molecule has 0 bridgehead atoms. The molecule has 0 fully saturated rings. The van der Waals surface area contributed by atoms with E-state index in [4.69, 9.17) is 9.88 Å². The van der Waals surface area contributed by atoms with Gasteiger partial charge in [0, 0.05) is 19.4 Å². The topological polar surface area (TPSA) is 91.5 Å². The van der Waals surface area contributed by atoms with Crippen LogP contribution in [0.5, 0.6) is 5.88 Å². The summed E-state index contributed by atoms with van der Waals surface area (Å²) < 4.78 is 31.4. The fourth-order valence-electron chi connectivity index (χ4n) is 0.766. The molecule has 1 rings (SSSR count). The van der Waals surface area contributed by atoms with Crippen LogP contribution in [0, 0.1) is 0 Å². The molecule has 0 aliphatic carbocycles. The molecular formula is C7H10N2O4S. The van der Waals surface area contributed by atoms with E-state index in [0.717, 1.165) is 0 Å². The van der Waals surface area contributed by atoms with Crippen LogP contribution in [0.4, 0.5) is 0 Å². The van der Waals surface area contributed by atoms with Crippen molar-refractivity contribution < 1.29 is 17.9 Å². The van der Waals surface area contributed by atoms with Gasteiger partial charge in [0.2, 0.25) is 15.9 Å². The maximum atomic E-state index is 10.9. The molecule has 0 saturated heterocycles. The zero-order valence-electron chi connectivity index (χ0n) is 7.50. The summed E-state index contributed by atoms with van der Waals surface area (Å²) in [6.07, 6.45) is 1.30. The summed E-state index contributed by atoms with van der Waals surface area (Å²) in [4.78, 5) is 3.73. The minimum Gasteiger partial charge on any atom is -0.451 e. The summed E-state index contributed by atoms with van der Waals surface area (Å²) >= 11 is 0. The second-order valence-electron chi connectivity index (χ2n) is 2.43. The van der Waals surface area contributed by atoms with Crippen LogP contribution >= 0.6 is 0 Å². The Hall–Kier alpha value is -1.18. The number of aromatic nitrogens is 1. The van der Waals surface area contributed by atoms with Crippen LogP contribution in [0.2, 0.25) is 0 Å². The maximum Gasteiger partial charge on any atom is 0.238 e. The molecule has 0 unspecified atom stereocenters. The Labute approximate surface area is 81.7 Å². The van der Waals surface area contributed by atoms with Gasteiger partial charge in [-0.3, -0.25) is 0 Å². The zero-order chi connectivity index (χ0) is 10.6. The van der Waals surface area contributed by atoms with E-state index >= 15 is 0 Å². The minimum atomic E-state index is -3.71. The number of nitrogens with two attached hydrogens (primary N) is 1. The Morgan fingerprint density at radius 1 is 1.57 bits per heavy atom. The van der Waals surface area contributed by atoms with E-state index in [9.17, 15) is 8.42 Å². The van der Waals surface area contributed by atoms with E-state index in [1.165, 1.54) is 25.4 Å². The second-order valence-corrected chi connectivity index (χ2v) is 3.99. The molecule has 1 aromatic heterocycles. The van der Waals surface area contributed by atoms with Crippen molar-refractivity contribution in [2.24, 2.45) is 5.14 Å². The lowest BCUT2D eigenvalue weighted by molar-refractivity contribution is 0.0476. The summed E-state index contributed by atoms with van der Waals surface area (Å²) in [5, 5.41) is 4.91. The van der Waals surface area contributed by atoms with Crippen molar-refractivity contribution in [2.75, 3.05) is 13.9 Å². The van der Waals surface area contributed by atoms with Crippen LogP contribution in [-0.2, 0) is 14.8 Å². The third kappa shape index (κ3) is 2.95. The Bertz CT molecular complexity index is 404. The van der Waals surface area contributed by atoms with Gasteiger partial charge in [-0.25, -0.2) is 18.5 Å². The Balaban J connectivity index is 2.90. The highest BCUT2D eigenvalue weighted by molar-refractivity contribution is 7.89. The highest BCUT2D eigenvalue weighted by Crippen LogP contribution is 2.12. The van der Waals surface area contributed by atoms with Gasteiger partial charge in [-0.2, -0.15) is 0 Å². The lowest BCUT2D eigenvalue weighted by Gasteiger charge is -2.04. The van der Waals surface area contributed by atoms with Crippen molar-refractivity contribution in [3.05, 3.63) is 18.3 Å². The standard InChI is InChI=1S/C7H10N2O4S/c1-12-5-13-7-4-6(2-3-9-7)14(8,10)11/h2-4H,5H2,1H3,(H2,8,10,11). The molecule has 7 heteroatoms.